The van der Waals surface area contributed by atoms with Gasteiger partial charge in [0, 0.05) is 13.2 Å². The van der Waals surface area contributed by atoms with Gasteiger partial charge >= 0.3 is 0 Å². The summed E-state index contributed by atoms with van der Waals surface area (Å²) in [5.41, 5.74) is 0.301. The Kier molecular flexibility index (Phi) is 7.28. The Morgan fingerprint density at radius 1 is 1.20 bits per heavy atom. The van der Waals surface area contributed by atoms with Gasteiger partial charge < -0.3 is 14.8 Å². The summed E-state index contributed by atoms with van der Waals surface area (Å²) in [4.78, 5) is 12.4. The number of carbonyl (C=O) groups is 1. The molecule has 2 aromatic carbocycles. The molecule has 1 fully saturated rings. The Hall–Kier alpha value is -2.65. The third-order valence-electron chi connectivity index (χ3n) is 4.68. The second-order valence-corrected chi connectivity index (χ2v) is 8.69. The van der Waals surface area contributed by atoms with Gasteiger partial charge in [-0.2, -0.15) is 0 Å². The number of hydrogen-bond acceptors (Lipinski definition) is 5. The van der Waals surface area contributed by atoms with Crippen molar-refractivity contribution in [3.05, 3.63) is 54.3 Å². The fourth-order valence-corrected chi connectivity index (χ4v) is 4.56. The molecule has 1 heterocycles. The number of ether oxygens (including phenoxy) is 2. The van der Waals surface area contributed by atoms with E-state index in [0.717, 1.165) is 29.3 Å². The van der Waals surface area contributed by atoms with E-state index in [1.807, 2.05) is 6.92 Å². The quantitative estimate of drug-likeness (QED) is 0.653. The van der Waals surface area contributed by atoms with Crippen LogP contribution in [0, 0.1) is 5.82 Å². The van der Waals surface area contributed by atoms with Crippen molar-refractivity contribution < 1.29 is 27.1 Å². The molecule has 7 nitrogen and oxygen atoms in total. The third-order valence-corrected chi connectivity index (χ3v) is 6.46. The molecule has 0 saturated carbocycles. The second-order valence-electron chi connectivity index (χ2n) is 6.83. The Labute approximate surface area is 175 Å². The van der Waals surface area contributed by atoms with Crippen LogP contribution in [0.2, 0.25) is 0 Å². The molecule has 2 aromatic rings. The lowest BCUT2D eigenvalue weighted by atomic mass is 10.2. The Bertz CT molecular complexity index is 942. The highest BCUT2D eigenvalue weighted by atomic mass is 32.2. The van der Waals surface area contributed by atoms with Crippen LogP contribution in [-0.4, -0.2) is 46.7 Å². The van der Waals surface area contributed by atoms with Crippen molar-refractivity contribution in [3.63, 3.8) is 0 Å². The molecule has 1 aliphatic rings. The lowest BCUT2D eigenvalue weighted by Crippen LogP contribution is -2.42. The number of nitrogens with one attached hydrogen (secondary N) is 1. The van der Waals surface area contributed by atoms with E-state index in [4.69, 9.17) is 9.47 Å². The fraction of sp³-hybridized carbons (Fsp3) is 0.381. The van der Waals surface area contributed by atoms with Crippen LogP contribution in [-0.2, 0) is 19.6 Å². The van der Waals surface area contributed by atoms with Crippen LogP contribution in [0.25, 0.3) is 0 Å². The molecule has 1 unspecified atom stereocenters. The first-order valence-corrected chi connectivity index (χ1v) is 11.2. The van der Waals surface area contributed by atoms with Crippen molar-refractivity contribution in [1.29, 1.82) is 0 Å². The Balaban J connectivity index is 1.83. The van der Waals surface area contributed by atoms with Crippen LogP contribution < -0.4 is 14.4 Å². The smallest absolute Gasteiger partial charge is 0.264 e. The van der Waals surface area contributed by atoms with E-state index in [1.165, 1.54) is 12.1 Å². The molecule has 1 saturated heterocycles. The van der Waals surface area contributed by atoms with Crippen molar-refractivity contribution in [1.82, 2.24) is 5.32 Å². The monoisotopic (exact) mass is 436 g/mol. The minimum atomic E-state index is -4.09. The van der Waals surface area contributed by atoms with Gasteiger partial charge in [-0.1, -0.05) is 0 Å². The van der Waals surface area contributed by atoms with E-state index in [-0.39, 0.29) is 11.0 Å². The summed E-state index contributed by atoms with van der Waals surface area (Å²) >= 11 is 0. The Morgan fingerprint density at radius 2 is 1.90 bits per heavy atom. The molecule has 3 rings (SSSR count). The van der Waals surface area contributed by atoms with Crippen LogP contribution >= 0.6 is 0 Å². The van der Waals surface area contributed by atoms with Gasteiger partial charge in [0.1, 0.15) is 18.1 Å². The van der Waals surface area contributed by atoms with Gasteiger partial charge in [0.2, 0.25) is 5.91 Å². The summed E-state index contributed by atoms with van der Waals surface area (Å²) in [6.45, 7) is 2.89. The van der Waals surface area contributed by atoms with Crippen LogP contribution in [0.3, 0.4) is 0 Å². The summed E-state index contributed by atoms with van der Waals surface area (Å²) in [5, 5.41) is 2.73. The maximum atomic E-state index is 13.3. The highest BCUT2D eigenvalue weighted by Gasteiger charge is 2.28. The SMILES string of the molecule is CCOc1ccc(N(CC(=O)NCC2CCCO2)S(=O)(=O)c2ccc(F)cc2)cc1. The first-order chi connectivity index (χ1) is 14.4. The zero-order valence-corrected chi connectivity index (χ0v) is 17.5. The van der Waals surface area contributed by atoms with Crippen LogP contribution in [0.1, 0.15) is 19.8 Å². The van der Waals surface area contributed by atoms with Crippen molar-refractivity contribution >= 4 is 21.6 Å². The average Bonchev–Trinajstić information content (AvgIpc) is 3.25. The third kappa shape index (κ3) is 5.48. The summed E-state index contributed by atoms with van der Waals surface area (Å²) in [5.74, 6) is -0.413. The van der Waals surface area contributed by atoms with E-state index in [0.29, 0.717) is 31.2 Å². The first kappa shape index (κ1) is 22.0. The van der Waals surface area contributed by atoms with E-state index in [9.17, 15) is 17.6 Å². The highest BCUT2D eigenvalue weighted by Crippen LogP contribution is 2.26. The van der Waals surface area contributed by atoms with Gasteiger partial charge in [0.15, 0.2) is 0 Å². The first-order valence-electron chi connectivity index (χ1n) is 9.79. The predicted molar refractivity (Wildman–Crippen MR) is 111 cm³/mol. The molecular formula is C21H25FN2O5S. The molecule has 1 N–H and O–H groups in total. The number of benzene rings is 2. The van der Waals surface area contributed by atoms with Gasteiger partial charge in [-0.05, 0) is 68.3 Å². The zero-order valence-electron chi connectivity index (χ0n) is 16.7. The van der Waals surface area contributed by atoms with Crippen molar-refractivity contribution in [2.75, 3.05) is 30.6 Å². The van der Waals surface area contributed by atoms with Crippen LogP contribution in [0.4, 0.5) is 10.1 Å². The number of anilines is 1. The summed E-state index contributed by atoms with van der Waals surface area (Å²) in [6.07, 6.45) is 1.75. The van der Waals surface area contributed by atoms with E-state index < -0.39 is 28.3 Å². The zero-order chi connectivity index (χ0) is 21.6. The van der Waals surface area contributed by atoms with Crippen LogP contribution in [0.15, 0.2) is 53.4 Å². The molecule has 0 bridgehead atoms. The number of nitrogens with zero attached hydrogens (tertiary/aromatic N) is 1. The van der Waals surface area contributed by atoms with Gasteiger partial charge in [-0.15, -0.1) is 0 Å². The molecular weight excluding hydrogens is 411 g/mol. The molecule has 1 atom stereocenters. The average molecular weight is 437 g/mol. The van der Waals surface area contributed by atoms with Crippen molar-refractivity contribution in [2.45, 2.75) is 30.8 Å². The largest absolute Gasteiger partial charge is 0.494 e. The topological polar surface area (TPSA) is 84.9 Å². The molecule has 0 aromatic heterocycles. The summed E-state index contributed by atoms with van der Waals surface area (Å²) < 4.78 is 51.6. The highest BCUT2D eigenvalue weighted by molar-refractivity contribution is 7.92. The van der Waals surface area contributed by atoms with Crippen LogP contribution in [0.5, 0.6) is 5.75 Å². The van der Waals surface area contributed by atoms with Gasteiger partial charge in [0.25, 0.3) is 10.0 Å². The Morgan fingerprint density at radius 3 is 2.50 bits per heavy atom. The van der Waals surface area contributed by atoms with E-state index in [1.54, 1.807) is 24.3 Å². The number of rotatable bonds is 9. The fourth-order valence-electron chi connectivity index (χ4n) is 3.14. The lowest BCUT2D eigenvalue weighted by Gasteiger charge is -2.24. The number of amides is 1. The molecule has 30 heavy (non-hydrogen) atoms. The minimum absolute atomic E-state index is 0.0541. The van der Waals surface area contributed by atoms with Crippen molar-refractivity contribution in [2.24, 2.45) is 0 Å². The summed E-state index contributed by atoms with van der Waals surface area (Å²) in [6, 6.07) is 10.9. The number of hydrogen-bond donors (Lipinski definition) is 1. The number of carbonyl (C=O) groups excluding carboxylic acids is 1. The van der Waals surface area contributed by atoms with E-state index >= 15 is 0 Å². The normalized spacial score (nSPS) is 16.3. The van der Waals surface area contributed by atoms with E-state index in [2.05, 4.69) is 5.32 Å². The van der Waals surface area contributed by atoms with Crippen molar-refractivity contribution in [3.8, 4) is 5.75 Å². The molecule has 0 spiro atoms. The minimum Gasteiger partial charge on any atom is -0.494 e. The molecule has 1 aliphatic heterocycles. The molecule has 0 aliphatic carbocycles. The maximum absolute atomic E-state index is 13.3. The maximum Gasteiger partial charge on any atom is 0.264 e. The van der Waals surface area contributed by atoms with Gasteiger partial charge in [0.05, 0.1) is 23.3 Å². The molecule has 1 amide bonds. The molecule has 162 valence electrons. The number of sulfonamides is 1. The van der Waals surface area contributed by atoms with Gasteiger partial charge in [-0.25, -0.2) is 12.8 Å². The second kappa shape index (κ2) is 9.90. The summed E-state index contributed by atoms with van der Waals surface area (Å²) in [7, 11) is -4.09. The standard InChI is InChI=1S/C21H25FN2O5S/c1-2-28-18-9-7-17(8-10-18)24(15-21(25)23-14-19-4-3-13-29-19)30(26,27)20-11-5-16(22)6-12-20/h5-12,19H,2-4,13-15H2,1H3,(H,23,25). The molecule has 0 radical (unpaired) electrons. The lowest BCUT2D eigenvalue weighted by molar-refractivity contribution is -0.120. The predicted octanol–water partition coefficient (Wildman–Crippen LogP) is 2.71. The molecule has 9 heteroatoms. The number of halogens is 1. The van der Waals surface area contributed by atoms with Gasteiger partial charge in [-0.3, -0.25) is 9.10 Å².